The van der Waals surface area contributed by atoms with Gasteiger partial charge in [-0.1, -0.05) is 30.3 Å². The van der Waals surface area contributed by atoms with Gasteiger partial charge in [-0.05, 0) is 49.1 Å². The lowest BCUT2D eigenvalue weighted by molar-refractivity contribution is 0.0793. The minimum atomic E-state index is -0.215. The average Bonchev–Trinajstić information content (AvgIpc) is 3.44. The maximum absolute atomic E-state index is 12.6. The number of carbonyl (C=O) groups is 1. The summed E-state index contributed by atoms with van der Waals surface area (Å²) in [6, 6.07) is 18.7. The molecule has 29 heavy (non-hydrogen) atoms. The van der Waals surface area contributed by atoms with Crippen molar-refractivity contribution in [2.75, 3.05) is 44.7 Å². The molecule has 0 bridgehead atoms. The van der Waals surface area contributed by atoms with Crippen molar-refractivity contribution >= 4 is 11.6 Å². The van der Waals surface area contributed by atoms with E-state index < -0.39 is 0 Å². The molecule has 0 unspecified atom stereocenters. The number of β-amino-alcohol motifs (C(OH)–C–C–N with tert-alkyl or cyclic N) is 1. The Morgan fingerprint density at radius 1 is 1.07 bits per heavy atom. The van der Waals surface area contributed by atoms with E-state index in [-0.39, 0.29) is 18.1 Å². The number of nitrogens with zero attached hydrogens (tertiary/aromatic N) is 3. The first kappa shape index (κ1) is 19.9. The molecule has 0 spiro atoms. The normalized spacial score (nSPS) is 20.8. The van der Waals surface area contributed by atoms with Crippen molar-refractivity contribution in [1.82, 2.24) is 9.80 Å². The third-order valence-corrected chi connectivity index (χ3v) is 6.25. The number of carbonyl (C=O) groups excluding carboxylic acids is 1. The third kappa shape index (κ3) is 4.62. The van der Waals surface area contributed by atoms with Crippen molar-refractivity contribution in [2.45, 2.75) is 31.4 Å². The van der Waals surface area contributed by atoms with Crippen LogP contribution in [-0.4, -0.2) is 66.7 Å². The lowest BCUT2D eigenvalue weighted by Gasteiger charge is -2.33. The molecule has 1 amide bonds. The number of aliphatic hydroxyl groups is 1. The Morgan fingerprint density at radius 2 is 1.76 bits per heavy atom. The van der Waals surface area contributed by atoms with Gasteiger partial charge < -0.3 is 14.9 Å². The second-order valence-corrected chi connectivity index (χ2v) is 8.29. The zero-order valence-electron chi connectivity index (χ0n) is 17.2. The summed E-state index contributed by atoms with van der Waals surface area (Å²) in [5, 5.41) is 9.92. The molecule has 5 nitrogen and oxygen atoms in total. The monoisotopic (exact) mass is 393 g/mol. The Bertz CT molecular complexity index is 803. The number of hydrogen-bond donors (Lipinski definition) is 1. The zero-order valence-corrected chi connectivity index (χ0v) is 17.2. The van der Waals surface area contributed by atoms with Crippen LogP contribution in [0.5, 0.6) is 0 Å². The second-order valence-electron chi connectivity index (χ2n) is 8.29. The van der Waals surface area contributed by atoms with Gasteiger partial charge in [0.1, 0.15) is 0 Å². The van der Waals surface area contributed by atoms with E-state index in [4.69, 9.17) is 0 Å². The zero-order chi connectivity index (χ0) is 20.2. The van der Waals surface area contributed by atoms with E-state index in [2.05, 4.69) is 53.2 Å². The highest BCUT2D eigenvalue weighted by molar-refractivity contribution is 5.94. The summed E-state index contributed by atoms with van der Waals surface area (Å²) in [7, 11) is 2.11. The first-order valence-electron chi connectivity index (χ1n) is 10.7. The minimum Gasteiger partial charge on any atom is -0.392 e. The number of anilines is 1. The van der Waals surface area contributed by atoms with Crippen molar-refractivity contribution in [3.8, 4) is 0 Å². The van der Waals surface area contributed by atoms with Crippen LogP contribution in [-0.2, 0) is 0 Å². The molecule has 2 saturated heterocycles. The molecule has 2 atom stereocenters. The van der Waals surface area contributed by atoms with E-state index in [9.17, 15) is 9.90 Å². The van der Waals surface area contributed by atoms with Crippen LogP contribution in [0, 0.1) is 0 Å². The molecule has 4 rings (SSSR count). The van der Waals surface area contributed by atoms with E-state index in [0.29, 0.717) is 0 Å². The Morgan fingerprint density at radius 3 is 2.38 bits per heavy atom. The van der Waals surface area contributed by atoms with Crippen molar-refractivity contribution in [3.05, 3.63) is 65.7 Å². The van der Waals surface area contributed by atoms with Crippen molar-refractivity contribution in [1.29, 1.82) is 0 Å². The molecular weight excluding hydrogens is 362 g/mol. The summed E-state index contributed by atoms with van der Waals surface area (Å²) >= 11 is 0. The van der Waals surface area contributed by atoms with Crippen molar-refractivity contribution in [3.63, 3.8) is 0 Å². The van der Waals surface area contributed by atoms with Crippen LogP contribution in [0.25, 0.3) is 0 Å². The molecule has 1 N–H and O–H groups in total. The number of amides is 1. The van der Waals surface area contributed by atoms with E-state index in [0.717, 1.165) is 63.2 Å². The Kier molecular flexibility index (Phi) is 6.16. The molecular formula is C24H31N3O2. The van der Waals surface area contributed by atoms with E-state index in [1.807, 2.05) is 23.1 Å². The second kappa shape index (κ2) is 8.97. The standard InChI is InChI=1S/C24H31N3O2/c1-25(21-11-9-20(10-12-21)24(29)27-14-5-6-15-27)23(19-7-3-2-4-8-19)18-26-16-13-22(28)17-26/h2-4,7-12,22-23,28H,5-6,13-18H2,1H3/t22-,23+/m0/s1. The summed E-state index contributed by atoms with van der Waals surface area (Å²) in [6.45, 7) is 4.28. The molecule has 2 fully saturated rings. The fourth-order valence-electron chi connectivity index (χ4n) is 4.47. The van der Waals surface area contributed by atoms with E-state index in [1.165, 1.54) is 5.56 Å². The van der Waals surface area contributed by atoms with E-state index >= 15 is 0 Å². The maximum atomic E-state index is 12.6. The predicted octanol–water partition coefficient (Wildman–Crippen LogP) is 3.17. The van der Waals surface area contributed by atoms with Crippen LogP contribution in [0.4, 0.5) is 5.69 Å². The average molecular weight is 394 g/mol. The summed E-state index contributed by atoms with van der Waals surface area (Å²) in [6.07, 6.45) is 2.85. The molecule has 2 aromatic carbocycles. The first-order chi connectivity index (χ1) is 14.1. The van der Waals surface area contributed by atoms with Crippen molar-refractivity contribution in [2.24, 2.45) is 0 Å². The predicted molar refractivity (Wildman–Crippen MR) is 116 cm³/mol. The van der Waals surface area contributed by atoms with Crippen LogP contribution in [0.1, 0.15) is 41.2 Å². The molecule has 2 aliphatic rings. The summed E-state index contributed by atoms with van der Waals surface area (Å²) in [4.78, 5) is 19.2. The number of likely N-dealkylation sites (tertiary alicyclic amines) is 2. The molecule has 0 aromatic heterocycles. The van der Waals surface area contributed by atoms with Crippen LogP contribution < -0.4 is 4.90 Å². The number of rotatable bonds is 6. The number of likely N-dealkylation sites (N-methyl/N-ethyl adjacent to an activating group) is 1. The lowest BCUT2D eigenvalue weighted by atomic mass is 10.0. The summed E-state index contributed by atoms with van der Waals surface area (Å²) < 4.78 is 0. The maximum Gasteiger partial charge on any atom is 0.253 e. The molecule has 154 valence electrons. The minimum absolute atomic E-state index is 0.141. The quantitative estimate of drug-likeness (QED) is 0.819. The molecule has 2 heterocycles. The molecule has 5 heteroatoms. The fraction of sp³-hybridized carbons (Fsp3) is 0.458. The van der Waals surface area contributed by atoms with Gasteiger partial charge in [0.2, 0.25) is 0 Å². The Balaban J connectivity index is 1.52. The molecule has 0 aliphatic carbocycles. The van der Waals surface area contributed by atoms with Crippen LogP contribution >= 0.6 is 0 Å². The SMILES string of the molecule is CN(c1ccc(C(=O)N2CCCC2)cc1)[C@H](CN1CC[C@H](O)C1)c1ccccc1. The molecule has 2 aromatic rings. The largest absolute Gasteiger partial charge is 0.392 e. The van der Waals surface area contributed by atoms with Gasteiger partial charge >= 0.3 is 0 Å². The topological polar surface area (TPSA) is 47.0 Å². The van der Waals surface area contributed by atoms with Gasteiger partial charge in [0.15, 0.2) is 0 Å². The van der Waals surface area contributed by atoms with Gasteiger partial charge in [0.05, 0.1) is 12.1 Å². The summed E-state index contributed by atoms with van der Waals surface area (Å²) in [5.41, 5.74) is 3.12. The van der Waals surface area contributed by atoms with Gasteiger partial charge in [-0.15, -0.1) is 0 Å². The van der Waals surface area contributed by atoms with Gasteiger partial charge in [-0.25, -0.2) is 0 Å². The smallest absolute Gasteiger partial charge is 0.253 e. The Labute approximate surface area is 173 Å². The van der Waals surface area contributed by atoms with E-state index in [1.54, 1.807) is 0 Å². The fourth-order valence-corrected chi connectivity index (χ4v) is 4.47. The van der Waals surface area contributed by atoms with Gasteiger partial charge in [0.25, 0.3) is 5.91 Å². The number of aliphatic hydroxyl groups excluding tert-OH is 1. The highest BCUT2D eigenvalue weighted by Gasteiger charge is 2.26. The van der Waals surface area contributed by atoms with Crippen LogP contribution in [0.3, 0.4) is 0 Å². The van der Waals surface area contributed by atoms with Gasteiger partial charge in [-0.2, -0.15) is 0 Å². The van der Waals surface area contributed by atoms with Crippen LogP contribution in [0.2, 0.25) is 0 Å². The van der Waals surface area contributed by atoms with Crippen LogP contribution in [0.15, 0.2) is 54.6 Å². The molecule has 0 radical (unpaired) electrons. The van der Waals surface area contributed by atoms with Gasteiger partial charge in [-0.3, -0.25) is 9.69 Å². The van der Waals surface area contributed by atoms with Crippen molar-refractivity contribution < 1.29 is 9.90 Å². The molecule has 0 saturated carbocycles. The highest BCUT2D eigenvalue weighted by Crippen LogP contribution is 2.28. The third-order valence-electron chi connectivity index (χ3n) is 6.25. The highest BCUT2D eigenvalue weighted by atomic mass is 16.3. The Hall–Kier alpha value is -2.37. The number of benzene rings is 2. The number of hydrogen-bond acceptors (Lipinski definition) is 4. The lowest BCUT2D eigenvalue weighted by Crippen LogP contribution is -2.36. The van der Waals surface area contributed by atoms with Gasteiger partial charge in [0, 0.05) is 51.0 Å². The first-order valence-corrected chi connectivity index (χ1v) is 10.7. The molecule has 2 aliphatic heterocycles. The summed E-state index contributed by atoms with van der Waals surface area (Å²) in [5.74, 6) is 0.141.